The van der Waals surface area contributed by atoms with E-state index in [0.717, 1.165) is 11.3 Å². The smallest absolute Gasteiger partial charge is 0.276 e. The standard InChI is InChI=1S/C16H18ClN5O2S/c1-5-22(6-2)16(24)13-9(3)10(7-18)15(25-13)20-14(23)12-11(17)8-19-21(12)4/h8H,5-6H2,1-4H3,(H,20,23). The van der Waals surface area contributed by atoms with Crippen molar-refractivity contribution in [1.29, 1.82) is 5.26 Å². The van der Waals surface area contributed by atoms with Crippen molar-refractivity contribution in [3.63, 3.8) is 0 Å². The van der Waals surface area contributed by atoms with Crippen LogP contribution in [0.4, 0.5) is 5.00 Å². The molecule has 25 heavy (non-hydrogen) atoms. The van der Waals surface area contributed by atoms with Gasteiger partial charge in [0.2, 0.25) is 0 Å². The number of thiophene rings is 1. The molecule has 2 aromatic rings. The van der Waals surface area contributed by atoms with Crippen LogP contribution in [0.5, 0.6) is 0 Å². The number of aryl methyl sites for hydroxylation is 1. The molecule has 0 atom stereocenters. The van der Waals surface area contributed by atoms with Crippen LogP contribution in [0.25, 0.3) is 0 Å². The van der Waals surface area contributed by atoms with Crippen molar-refractivity contribution in [2.24, 2.45) is 7.05 Å². The van der Waals surface area contributed by atoms with Crippen molar-refractivity contribution in [2.45, 2.75) is 20.8 Å². The largest absolute Gasteiger partial charge is 0.338 e. The van der Waals surface area contributed by atoms with Crippen molar-refractivity contribution >= 4 is 39.8 Å². The predicted molar refractivity (Wildman–Crippen MR) is 97.2 cm³/mol. The Morgan fingerprint density at radius 3 is 2.56 bits per heavy atom. The second-order valence-electron chi connectivity index (χ2n) is 5.27. The summed E-state index contributed by atoms with van der Waals surface area (Å²) in [5, 5.41) is 16.6. The Kier molecular flexibility index (Phi) is 5.82. The summed E-state index contributed by atoms with van der Waals surface area (Å²) in [6.07, 6.45) is 1.37. The first kappa shape index (κ1) is 19.0. The van der Waals surface area contributed by atoms with E-state index in [0.29, 0.717) is 28.5 Å². The van der Waals surface area contributed by atoms with E-state index in [1.165, 1.54) is 10.9 Å². The molecule has 0 saturated carbocycles. The van der Waals surface area contributed by atoms with E-state index in [2.05, 4.69) is 16.5 Å². The van der Waals surface area contributed by atoms with E-state index < -0.39 is 5.91 Å². The van der Waals surface area contributed by atoms with Crippen molar-refractivity contribution in [3.8, 4) is 6.07 Å². The summed E-state index contributed by atoms with van der Waals surface area (Å²) in [7, 11) is 1.60. The first-order valence-corrected chi connectivity index (χ1v) is 8.86. The number of nitrogens with one attached hydrogen (secondary N) is 1. The number of aromatic nitrogens is 2. The number of carbonyl (C=O) groups excluding carboxylic acids is 2. The quantitative estimate of drug-likeness (QED) is 0.864. The van der Waals surface area contributed by atoms with Crippen LogP contribution in [-0.4, -0.2) is 39.6 Å². The van der Waals surface area contributed by atoms with Gasteiger partial charge in [-0.15, -0.1) is 11.3 Å². The van der Waals surface area contributed by atoms with Gasteiger partial charge in [-0.3, -0.25) is 14.3 Å². The van der Waals surface area contributed by atoms with Crippen LogP contribution in [-0.2, 0) is 7.05 Å². The van der Waals surface area contributed by atoms with Crippen LogP contribution in [0.15, 0.2) is 6.20 Å². The van der Waals surface area contributed by atoms with Crippen molar-refractivity contribution in [2.75, 3.05) is 18.4 Å². The van der Waals surface area contributed by atoms with Crippen LogP contribution < -0.4 is 5.32 Å². The highest BCUT2D eigenvalue weighted by molar-refractivity contribution is 7.18. The Labute approximate surface area is 154 Å². The van der Waals surface area contributed by atoms with Gasteiger partial charge in [0.25, 0.3) is 11.8 Å². The number of nitriles is 1. The second-order valence-corrected chi connectivity index (χ2v) is 6.70. The molecule has 0 aromatic carbocycles. The Balaban J connectivity index is 2.40. The topological polar surface area (TPSA) is 91.0 Å². The maximum absolute atomic E-state index is 12.6. The van der Waals surface area contributed by atoms with Gasteiger partial charge >= 0.3 is 0 Å². The molecule has 0 aliphatic heterocycles. The number of hydrogen-bond acceptors (Lipinski definition) is 5. The van der Waals surface area contributed by atoms with E-state index in [1.807, 2.05) is 13.8 Å². The molecule has 2 amide bonds. The summed E-state index contributed by atoms with van der Waals surface area (Å²) >= 11 is 7.08. The minimum atomic E-state index is -0.482. The van der Waals surface area contributed by atoms with Crippen molar-refractivity contribution in [1.82, 2.24) is 14.7 Å². The van der Waals surface area contributed by atoms with Gasteiger partial charge in [-0.05, 0) is 26.3 Å². The van der Waals surface area contributed by atoms with Gasteiger partial charge in [-0.2, -0.15) is 10.4 Å². The van der Waals surface area contributed by atoms with Gasteiger partial charge in [0.1, 0.15) is 16.8 Å². The normalized spacial score (nSPS) is 10.4. The zero-order chi connectivity index (χ0) is 18.7. The zero-order valence-electron chi connectivity index (χ0n) is 14.4. The lowest BCUT2D eigenvalue weighted by Gasteiger charge is -2.17. The minimum absolute atomic E-state index is 0.150. The molecule has 0 saturated heterocycles. The minimum Gasteiger partial charge on any atom is -0.338 e. The first-order valence-electron chi connectivity index (χ1n) is 7.67. The molecular weight excluding hydrogens is 362 g/mol. The summed E-state index contributed by atoms with van der Waals surface area (Å²) in [6, 6.07) is 2.06. The number of nitrogens with zero attached hydrogens (tertiary/aromatic N) is 4. The highest BCUT2D eigenvalue weighted by atomic mass is 35.5. The number of amides is 2. The number of halogens is 1. The monoisotopic (exact) mass is 379 g/mol. The Morgan fingerprint density at radius 1 is 1.44 bits per heavy atom. The molecule has 0 aliphatic carbocycles. The molecule has 0 bridgehead atoms. The third-order valence-electron chi connectivity index (χ3n) is 3.84. The molecule has 0 unspecified atom stereocenters. The zero-order valence-corrected chi connectivity index (χ0v) is 16.0. The van der Waals surface area contributed by atoms with Gasteiger partial charge in [-0.1, -0.05) is 11.6 Å². The number of hydrogen-bond donors (Lipinski definition) is 1. The van der Waals surface area contributed by atoms with Gasteiger partial charge in [0.15, 0.2) is 0 Å². The molecule has 0 aliphatic rings. The van der Waals surface area contributed by atoms with Crippen LogP contribution in [0.1, 0.15) is 45.1 Å². The fourth-order valence-corrected chi connectivity index (χ4v) is 3.80. The summed E-state index contributed by atoms with van der Waals surface area (Å²) in [6.45, 7) is 6.63. The SMILES string of the molecule is CCN(CC)C(=O)c1sc(NC(=O)c2c(Cl)cnn2C)c(C#N)c1C. The Hall–Kier alpha value is -2.37. The third-order valence-corrected chi connectivity index (χ3v) is 5.31. The highest BCUT2D eigenvalue weighted by Crippen LogP contribution is 2.34. The molecule has 0 fully saturated rings. The third kappa shape index (κ3) is 3.52. The van der Waals surface area contributed by atoms with E-state index in [4.69, 9.17) is 11.6 Å². The average Bonchev–Trinajstić information content (AvgIpc) is 3.07. The maximum Gasteiger partial charge on any atom is 0.276 e. The van der Waals surface area contributed by atoms with Crippen molar-refractivity contribution < 1.29 is 9.59 Å². The van der Waals surface area contributed by atoms with Gasteiger partial charge in [0.05, 0.1) is 21.7 Å². The van der Waals surface area contributed by atoms with Crippen LogP contribution >= 0.6 is 22.9 Å². The first-order chi connectivity index (χ1) is 11.8. The summed E-state index contributed by atoms with van der Waals surface area (Å²) in [5.74, 6) is -0.632. The second kappa shape index (κ2) is 7.68. The van der Waals surface area contributed by atoms with Gasteiger partial charge < -0.3 is 10.2 Å². The fraction of sp³-hybridized carbons (Fsp3) is 0.375. The molecule has 1 N–H and O–H groups in total. The maximum atomic E-state index is 12.6. The Morgan fingerprint density at radius 2 is 2.08 bits per heavy atom. The van der Waals surface area contributed by atoms with E-state index in [1.54, 1.807) is 18.9 Å². The van der Waals surface area contributed by atoms with Crippen molar-refractivity contribution in [3.05, 3.63) is 32.9 Å². The lowest BCUT2D eigenvalue weighted by Crippen LogP contribution is -2.30. The molecule has 7 nitrogen and oxygen atoms in total. The lowest BCUT2D eigenvalue weighted by atomic mass is 10.1. The van der Waals surface area contributed by atoms with Crippen LogP contribution in [0.2, 0.25) is 5.02 Å². The molecule has 0 spiro atoms. The average molecular weight is 380 g/mol. The summed E-state index contributed by atoms with van der Waals surface area (Å²) in [5.41, 5.74) is 1.04. The van der Waals surface area contributed by atoms with Gasteiger partial charge in [0, 0.05) is 20.1 Å². The molecular formula is C16H18ClN5O2S. The van der Waals surface area contributed by atoms with E-state index in [-0.39, 0.29) is 22.2 Å². The number of anilines is 1. The van der Waals surface area contributed by atoms with E-state index >= 15 is 0 Å². The number of rotatable bonds is 5. The molecule has 2 heterocycles. The van der Waals surface area contributed by atoms with Gasteiger partial charge in [-0.25, -0.2) is 0 Å². The lowest BCUT2D eigenvalue weighted by molar-refractivity contribution is 0.0777. The van der Waals surface area contributed by atoms with Crippen LogP contribution in [0.3, 0.4) is 0 Å². The highest BCUT2D eigenvalue weighted by Gasteiger charge is 2.25. The molecule has 2 aromatic heterocycles. The summed E-state index contributed by atoms with van der Waals surface area (Å²) in [4.78, 5) is 27.2. The van der Waals surface area contributed by atoms with E-state index in [9.17, 15) is 14.9 Å². The Bertz CT molecular complexity index is 841. The summed E-state index contributed by atoms with van der Waals surface area (Å²) < 4.78 is 1.35. The molecule has 9 heteroatoms. The predicted octanol–water partition coefficient (Wildman–Crippen LogP) is 3.05. The number of carbonyl (C=O) groups is 2. The fourth-order valence-electron chi connectivity index (χ4n) is 2.42. The molecule has 2 rings (SSSR count). The molecule has 0 radical (unpaired) electrons. The van der Waals surface area contributed by atoms with Crippen LogP contribution in [0, 0.1) is 18.3 Å². The molecule has 132 valence electrons.